The third kappa shape index (κ3) is 3.03. The van der Waals surface area contributed by atoms with Gasteiger partial charge in [0.1, 0.15) is 11.6 Å². The maximum Gasteiger partial charge on any atom is 0.257 e. The van der Waals surface area contributed by atoms with Gasteiger partial charge in [-0.3, -0.25) is 4.79 Å². The lowest BCUT2D eigenvalue weighted by Crippen LogP contribution is -2.41. The molecule has 0 unspecified atom stereocenters. The van der Waals surface area contributed by atoms with Gasteiger partial charge in [-0.2, -0.15) is 0 Å². The quantitative estimate of drug-likeness (QED) is 0.942. The smallest absolute Gasteiger partial charge is 0.257 e. The minimum atomic E-state index is -0.506. The molecule has 0 spiro atoms. The first-order valence-corrected chi connectivity index (χ1v) is 7.21. The molecule has 0 aromatic heterocycles. The van der Waals surface area contributed by atoms with Crippen LogP contribution in [0.25, 0.3) is 11.1 Å². The van der Waals surface area contributed by atoms with E-state index in [2.05, 4.69) is 5.32 Å². The maximum atomic E-state index is 13.9. The normalized spacial score (nSPS) is 13.7. The van der Waals surface area contributed by atoms with E-state index in [9.17, 15) is 13.6 Å². The second-order valence-corrected chi connectivity index (χ2v) is 5.28. The molecule has 2 aromatic carbocycles. The number of hydrogen-bond acceptors (Lipinski definition) is 3. The Morgan fingerprint density at radius 2 is 2.00 bits per heavy atom. The molecule has 1 aliphatic rings. The van der Waals surface area contributed by atoms with E-state index in [1.165, 1.54) is 0 Å². The number of ether oxygens (including phenoxy) is 1. The van der Waals surface area contributed by atoms with Gasteiger partial charge in [-0.25, -0.2) is 8.78 Å². The van der Waals surface area contributed by atoms with Crippen LogP contribution in [0.3, 0.4) is 0 Å². The van der Waals surface area contributed by atoms with Crippen LogP contribution < -0.4 is 5.32 Å². The minimum absolute atomic E-state index is 0.109. The molecule has 2 aromatic rings. The predicted octanol–water partition coefficient (Wildman–Crippen LogP) is 3.10. The van der Waals surface area contributed by atoms with Crippen LogP contribution in [0.4, 0.5) is 14.5 Å². The van der Waals surface area contributed by atoms with Crippen molar-refractivity contribution in [2.45, 2.75) is 0 Å². The summed E-state index contributed by atoms with van der Waals surface area (Å²) in [4.78, 5) is 14.0. The van der Waals surface area contributed by atoms with Gasteiger partial charge >= 0.3 is 0 Å². The first kappa shape index (κ1) is 15.4. The summed E-state index contributed by atoms with van der Waals surface area (Å²) in [5.74, 6) is -1.12. The SMILES string of the molecule is COCCN1CNc2cc(-c3cc(F)ccc3F)ccc2C1=O. The largest absolute Gasteiger partial charge is 0.383 e. The van der Waals surface area contributed by atoms with Gasteiger partial charge in [0.2, 0.25) is 0 Å². The molecular formula is C17H16F2N2O2. The van der Waals surface area contributed by atoms with Gasteiger partial charge in [-0.15, -0.1) is 0 Å². The number of hydrogen-bond donors (Lipinski definition) is 1. The summed E-state index contributed by atoms with van der Waals surface area (Å²) in [5, 5.41) is 3.13. The van der Waals surface area contributed by atoms with E-state index in [4.69, 9.17) is 4.74 Å². The van der Waals surface area contributed by atoms with Crippen molar-refractivity contribution in [3.63, 3.8) is 0 Å². The fourth-order valence-electron chi connectivity index (χ4n) is 2.57. The zero-order valence-corrected chi connectivity index (χ0v) is 12.6. The predicted molar refractivity (Wildman–Crippen MR) is 83.2 cm³/mol. The van der Waals surface area contributed by atoms with Crippen molar-refractivity contribution in [3.8, 4) is 11.1 Å². The van der Waals surface area contributed by atoms with Crippen molar-refractivity contribution >= 4 is 11.6 Å². The average molecular weight is 318 g/mol. The number of anilines is 1. The highest BCUT2D eigenvalue weighted by atomic mass is 19.1. The molecule has 0 bridgehead atoms. The van der Waals surface area contributed by atoms with Crippen LogP contribution in [0.15, 0.2) is 36.4 Å². The van der Waals surface area contributed by atoms with E-state index in [1.807, 2.05) is 0 Å². The van der Waals surface area contributed by atoms with Crippen LogP contribution in [-0.2, 0) is 4.74 Å². The summed E-state index contributed by atoms with van der Waals surface area (Å²) in [5.41, 5.74) is 1.81. The zero-order valence-electron chi connectivity index (χ0n) is 12.6. The summed E-state index contributed by atoms with van der Waals surface area (Å²) < 4.78 is 32.2. The first-order valence-electron chi connectivity index (χ1n) is 7.21. The number of carbonyl (C=O) groups is 1. The first-order chi connectivity index (χ1) is 11.1. The summed E-state index contributed by atoms with van der Waals surface area (Å²) in [6.45, 7) is 1.29. The number of rotatable bonds is 4. The van der Waals surface area contributed by atoms with Crippen LogP contribution in [0.2, 0.25) is 0 Å². The fourth-order valence-corrected chi connectivity index (χ4v) is 2.57. The highest BCUT2D eigenvalue weighted by Crippen LogP contribution is 2.30. The van der Waals surface area contributed by atoms with E-state index in [1.54, 1.807) is 30.2 Å². The van der Waals surface area contributed by atoms with Crippen LogP contribution in [0.1, 0.15) is 10.4 Å². The van der Waals surface area contributed by atoms with Crippen LogP contribution >= 0.6 is 0 Å². The Bertz CT molecular complexity index is 749. The standard InChI is InChI=1S/C17H16F2N2O2/c1-23-7-6-21-10-20-16-8-11(2-4-13(16)17(21)22)14-9-12(18)3-5-15(14)19/h2-5,8-9,20H,6-7,10H2,1H3. The number of halogens is 2. The van der Waals surface area contributed by atoms with Crippen LogP contribution in [0.5, 0.6) is 0 Å². The van der Waals surface area contributed by atoms with Crippen molar-refractivity contribution in [1.29, 1.82) is 0 Å². The van der Waals surface area contributed by atoms with Crippen molar-refractivity contribution < 1.29 is 18.3 Å². The molecular weight excluding hydrogens is 302 g/mol. The third-order valence-corrected chi connectivity index (χ3v) is 3.80. The van der Waals surface area contributed by atoms with Gasteiger partial charge < -0.3 is 15.0 Å². The topological polar surface area (TPSA) is 41.6 Å². The molecule has 0 radical (unpaired) electrons. The second kappa shape index (κ2) is 6.34. The molecule has 1 amide bonds. The lowest BCUT2D eigenvalue weighted by atomic mass is 10.00. The van der Waals surface area contributed by atoms with Gasteiger partial charge in [0.15, 0.2) is 0 Å². The van der Waals surface area contributed by atoms with E-state index >= 15 is 0 Å². The molecule has 0 aliphatic carbocycles. The molecule has 6 heteroatoms. The molecule has 1 N–H and O–H groups in total. The highest BCUT2D eigenvalue weighted by molar-refractivity contribution is 6.02. The molecule has 0 fully saturated rings. The molecule has 120 valence electrons. The van der Waals surface area contributed by atoms with Gasteiger partial charge in [0.05, 0.1) is 18.8 Å². The molecule has 23 heavy (non-hydrogen) atoms. The summed E-state index contributed by atoms with van der Waals surface area (Å²) >= 11 is 0. The number of amides is 1. The maximum absolute atomic E-state index is 13.9. The van der Waals surface area contributed by atoms with Gasteiger partial charge in [0.25, 0.3) is 5.91 Å². The van der Waals surface area contributed by atoms with E-state index in [0.29, 0.717) is 36.6 Å². The molecule has 3 rings (SSSR count). The number of carbonyl (C=O) groups excluding carboxylic acids is 1. The van der Waals surface area contributed by atoms with Crippen LogP contribution in [-0.4, -0.2) is 37.7 Å². The monoisotopic (exact) mass is 318 g/mol. The Morgan fingerprint density at radius 3 is 2.78 bits per heavy atom. The van der Waals surface area contributed by atoms with Gasteiger partial charge in [-0.1, -0.05) is 6.07 Å². The average Bonchev–Trinajstić information content (AvgIpc) is 2.56. The second-order valence-electron chi connectivity index (χ2n) is 5.28. The Labute approximate surface area is 132 Å². The number of nitrogens with zero attached hydrogens (tertiary/aromatic N) is 1. The van der Waals surface area contributed by atoms with Gasteiger partial charge in [-0.05, 0) is 35.9 Å². The van der Waals surface area contributed by atoms with Crippen LogP contribution in [0, 0.1) is 11.6 Å². The molecule has 0 atom stereocenters. The molecule has 0 saturated carbocycles. The van der Waals surface area contributed by atoms with Crippen molar-refractivity contribution in [1.82, 2.24) is 4.90 Å². The Kier molecular flexibility index (Phi) is 4.25. The molecule has 1 aliphatic heterocycles. The zero-order chi connectivity index (χ0) is 16.4. The summed E-state index contributed by atoms with van der Waals surface area (Å²) in [6.07, 6.45) is 0. The summed E-state index contributed by atoms with van der Waals surface area (Å²) in [6, 6.07) is 8.23. The Morgan fingerprint density at radius 1 is 1.17 bits per heavy atom. The van der Waals surface area contributed by atoms with Gasteiger partial charge in [0, 0.05) is 24.9 Å². The van der Waals surface area contributed by atoms with E-state index < -0.39 is 11.6 Å². The Hall–Kier alpha value is -2.47. The van der Waals surface area contributed by atoms with Crippen molar-refractivity contribution in [3.05, 3.63) is 53.6 Å². The number of nitrogens with one attached hydrogen (secondary N) is 1. The molecule has 4 nitrogen and oxygen atoms in total. The minimum Gasteiger partial charge on any atom is -0.383 e. The lowest BCUT2D eigenvalue weighted by molar-refractivity contribution is 0.0700. The van der Waals surface area contributed by atoms with E-state index in [0.717, 1.165) is 18.2 Å². The Balaban J connectivity index is 1.92. The molecule has 1 heterocycles. The number of methoxy groups -OCH3 is 1. The third-order valence-electron chi connectivity index (χ3n) is 3.80. The highest BCUT2D eigenvalue weighted by Gasteiger charge is 2.24. The summed E-state index contributed by atoms with van der Waals surface area (Å²) in [7, 11) is 1.58. The fraction of sp³-hybridized carbons (Fsp3) is 0.235. The number of fused-ring (bicyclic) bond motifs is 1. The van der Waals surface area contributed by atoms with E-state index in [-0.39, 0.29) is 11.5 Å². The number of benzene rings is 2. The van der Waals surface area contributed by atoms with Crippen molar-refractivity contribution in [2.75, 3.05) is 32.2 Å². The molecule has 0 saturated heterocycles. The lowest BCUT2D eigenvalue weighted by Gasteiger charge is -2.29. The van der Waals surface area contributed by atoms with Crippen molar-refractivity contribution in [2.24, 2.45) is 0 Å².